The molecule has 0 bridgehead atoms. The Bertz CT molecular complexity index is 457. The summed E-state index contributed by atoms with van der Waals surface area (Å²) in [5.41, 5.74) is 0.358. The van der Waals surface area contributed by atoms with Gasteiger partial charge in [-0.25, -0.2) is 0 Å². The molecule has 0 heterocycles. The minimum absolute atomic E-state index is 0.209. The molecule has 0 aliphatic carbocycles. The molecule has 1 rings (SSSR count). The number of carbonyl (C=O) groups is 1. The largest absolute Gasteiger partial charge is 0.373 e. The van der Waals surface area contributed by atoms with Gasteiger partial charge in [0.25, 0.3) is 0 Å². The van der Waals surface area contributed by atoms with Gasteiger partial charge in [-0.1, -0.05) is 63.9 Å². The second-order valence-electron chi connectivity index (χ2n) is 7.57. The maximum Gasteiger partial charge on any atom is 0.162 e. The SMILES string of the molecule is CCC(=O)c1ccccc1.CCCCOC(C)(C)C(C)(C)OCCCC. The van der Waals surface area contributed by atoms with Crippen molar-refractivity contribution < 1.29 is 14.3 Å². The van der Waals surface area contributed by atoms with Crippen LogP contribution in [-0.4, -0.2) is 30.2 Å². The van der Waals surface area contributed by atoms with Crippen LogP contribution in [0.15, 0.2) is 30.3 Å². The van der Waals surface area contributed by atoms with Crippen molar-refractivity contribution in [2.75, 3.05) is 13.2 Å². The van der Waals surface area contributed by atoms with Crippen molar-refractivity contribution in [3.05, 3.63) is 35.9 Å². The molecule has 0 spiro atoms. The minimum atomic E-state index is -0.226. The van der Waals surface area contributed by atoms with E-state index < -0.39 is 0 Å². The van der Waals surface area contributed by atoms with Crippen LogP contribution >= 0.6 is 0 Å². The Labute approximate surface area is 161 Å². The molecule has 0 aliphatic heterocycles. The second-order valence-corrected chi connectivity index (χ2v) is 7.57. The summed E-state index contributed by atoms with van der Waals surface area (Å²) in [6.07, 6.45) is 5.17. The van der Waals surface area contributed by atoms with Crippen LogP contribution in [0.3, 0.4) is 0 Å². The normalized spacial score (nSPS) is 11.7. The average molecular weight is 365 g/mol. The van der Waals surface area contributed by atoms with Crippen LogP contribution in [0, 0.1) is 0 Å². The summed E-state index contributed by atoms with van der Waals surface area (Å²) in [5.74, 6) is 0.209. The van der Waals surface area contributed by atoms with Crippen LogP contribution in [-0.2, 0) is 9.47 Å². The molecule has 1 aromatic rings. The molecule has 3 heteroatoms. The smallest absolute Gasteiger partial charge is 0.162 e. The quantitative estimate of drug-likeness (QED) is 0.334. The topological polar surface area (TPSA) is 35.5 Å². The van der Waals surface area contributed by atoms with Gasteiger partial charge in [-0.05, 0) is 40.5 Å². The Morgan fingerprint density at radius 1 is 0.808 bits per heavy atom. The van der Waals surface area contributed by atoms with E-state index in [2.05, 4.69) is 41.5 Å². The van der Waals surface area contributed by atoms with Gasteiger partial charge in [0.2, 0.25) is 0 Å². The van der Waals surface area contributed by atoms with Gasteiger partial charge in [-0.2, -0.15) is 0 Å². The number of benzene rings is 1. The first-order chi connectivity index (χ1) is 12.2. The second kappa shape index (κ2) is 13.1. The third-order valence-corrected chi connectivity index (χ3v) is 4.79. The van der Waals surface area contributed by atoms with Crippen LogP contribution < -0.4 is 0 Å². The molecule has 0 atom stereocenters. The standard InChI is InChI=1S/C14H30O2.C9H10O/c1-7-9-11-15-13(3,4)14(5,6)16-12-10-8-2;1-2-9(10)8-6-4-3-5-7-8/h7-12H2,1-6H3;3-7H,2H2,1H3. The van der Waals surface area contributed by atoms with Crippen LogP contribution in [0.5, 0.6) is 0 Å². The number of hydrogen-bond donors (Lipinski definition) is 0. The van der Waals surface area contributed by atoms with E-state index >= 15 is 0 Å². The van der Waals surface area contributed by atoms with Gasteiger partial charge in [0, 0.05) is 25.2 Å². The van der Waals surface area contributed by atoms with E-state index in [0.29, 0.717) is 6.42 Å². The van der Waals surface area contributed by atoms with Crippen LogP contribution in [0.1, 0.15) is 90.9 Å². The Morgan fingerprint density at radius 2 is 1.23 bits per heavy atom. The van der Waals surface area contributed by atoms with E-state index in [1.54, 1.807) is 0 Å². The molecule has 0 unspecified atom stereocenters. The van der Waals surface area contributed by atoms with Gasteiger partial charge in [-0.15, -0.1) is 0 Å². The Kier molecular flexibility index (Phi) is 12.5. The molecule has 0 amide bonds. The number of rotatable bonds is 11. The van der Waals surface area contributed by atoms with Gasteiger partial charge in [0.1, 0.15) is 0 Å². The lowest BCUT2D eigenvalue weighted by atomic mass is 9.89. The molecule has 0 aromatic heterocycles. The number of hydrogen-bond acceptors (Lipinski definition) is 3. The molecule has 0 saturated heterocycles. The van der Waals surface area contributed by atoms with Crippen molar-refractivity contribution in [1.82, 2.24) is 0 Å². The fourth-order valence-corrected chi connectivity index (χ4v) is 2.12. The van der Waals surface area contributed by atoms with Crippen LogP contribution in [0.2, 0.25) is 0 Å². The average Bonchev–Trinajstić information content (AvgIpc) is 2.62. The molecule has 1 aromatic carbocycles. The molecule has 0 aliphatic rings. The highest BCUT2D eigenvalue weighted by molar-refractivity contribution is 5.95. The summed E-state index contributed by atoms with van der Waals surface area (Å²) in [7, 11) is 0. The Hall–Kier alpha value is -1.19. The summed E-state index contributed by atoms with van der Waals surface area (Å²) in [6, 6.07) is 9.34. The summed E-state index contributed by atoms with van der Waals surface area (Å²) >= 11 is 0. The van der Waals surface area contributed by atoms with Gasteiger partial charge in [0.15, 0.2) is 5.78 Å². The lowest BCUT2D eigenvalue weighted by Crippen LogP contribution is -2.49. The van der Waals surface area contributed by atoms with E-state index in [0.717, 1.165) is 31.6 Å². The van der Waals surface area contributed by atoms with Crippen molar-refractivity contribution in [3.8, 4) is 0 Å². The van der Waals surface area contributed by atoms with E-state index in [1.165, 1.54) is 12.8 Å². The number of carbonyl (C=O) groups excluding carboxylic acids is 1. The summed E-state index contributed by atoms with van der Waals surface area (Å²) in [4.78, 5) is 11.0. The first kappa shape index (κ1) is 24.8. The Balaban J connectivity index is 0.000000531. The molecule has 0 radical (unpaired) electrons. The van der Waals surface area contributed by atoms with E-state index in [-0.39, 0.29) is 17.0 Å². The maximum atomic E-state index is 11.0. The third-order valence-electron chi connectivity index (χ3n) is 4.79. The first-order valence-corrected chi connectivity index (χ1v) is 10.1. The van der Waals surface area contributed by atoms with Crippen molar-refractivity contribution in [2.45, 2.75) is 91.8 Å². The maximum absolute atomic E-state index is 11.0. The lowest BCUT2D eigenvalue weighted by molar-refractivity contribution is -0.176. The van der Waals surface area contributed by atoms with E-state index in [9.17, 15) is 4.79 Å². The summed E-state index contributed by atoms with van der Waals surface area (Å²) in [5, 5.41) is 0. The highest BCUT2D eigenvalue weighted by atomic mass is 16.6. The summed E-state index contributed by atoms with van der Waals surface area (Å²) in [6.45, 7) is 16.4. The molecule has 0 N–H and O–H groups in total. The van der Waals surface area contributed by atoms with E-state index in [4.69, 9.17) is 9.47 Å². The van der Waals surface area contributed by atoms with Crippen molar-refractivity contribution in [2.24, 2.45) is 0 Å². The van der Waals surface area contributed by atoms with Crippen molar-refractivity contribution in [3.63, 3.8) is 0 Å². The molecule has 0 saturated carbocycles. The molecule has 26 heavy (non-hydrogen) atoms. The van der Waals surface area contributed by atoms with Crippen LogP contribution in [0.25, 0.3) is 0 Å². The Morgan fingerprint density at radius 3 is 1.58 bits per heavy atom. The third kappa shape index (κ3) is 9.49. The number of ketones is 1. The predicted octanol–water partition coefficient (Wildman–Crippen LogP) is 6.46. The molecular weight excluding hydrogens is 324 g/mol. The molecule has 0 fully saturated rings. The fourth-order valence-electron chi connectivity index (χ4n) is 2.12. The van der Waals surface area contributed by atoms with Gasteiger partial charge in [-0.3, -0.25) is 4.79 Å². The predicted molar refractivity (Wildman–Crippen MR) is 111 cm³/mol. The first-order valence-electron chi connectivity index (χ1n) is 10.1. The van der Waals surface area contributed by atoms with Gasteiger partial charge < -0.3 is 9.47 Å². The monoisotopic (exact) mass is 364 g/mol. The van der Waals surface area contributed by atoms with Crippen LogP contribution in [0.4, 0.5) is 0 Å². The minimum Gasteiger partial charge on any atom is -0.373 e. The molecule has 150 valence electrons. The lowest BCUT2D eigenvalue weighted by Gasteiger charge is -2.41. The zero-order chi connectivity index (χ0) is 20.1. The van der Waals surface area contributed by atoms with Crippen molar-refractivity contribution in [1.29, 1.82) is 0 Å². The zero-order valence-corrected chi connectivity index (χ0v) is 18.1. The van der Waals surface area contributed by atoms with E-state index in [1.807, 2.05) is 37.3 Å². The highest BCUT2D eigenvalue weighted by Crippen LogP contribution is 2.29. The molecule has 3 nitrogen and oxygen atoms in total. The van der Waals surface area contributed by atoms with Crippen molar-refractivity contribution >= 4 is 5.78 Å². The zero-order valence-electron chi connectivity index (χ0n) is 18.1. The molecular formula is C23H40O3. The highest BCUT2D eigenvalue weighted by Gasteiger charge is 2.38. The van der Waals surface area contributed by atoms with Gasteiger partial charge >= 0.3 is 0 Å². The number of unbranched alkanes of at least 4 members (excludes halogenated alkanes) is 2. The summed E-state index contributed by atoms with van der Waals surface area (Å²) < 4.78 is 11.9. The number of ether oxygens (including phenoxy) is 2. The number of Topliss-reactive ketones (excluding diaryl/α,β-unsaturated/α-hetero) is 1. The fraction of sp³-hybridized carbons (Fsp3) is 0.696. The van der Waals surface area contributed by atoms with Gasteiger partial charge in [0.05, 0.1) is 11.2 Å².